The number of hydrogen-bond acceptors (Lipinski definition) is 4. The number of benzene rings is 2. The van der Waals surface area contributed by atoms with Gasteiger partial charge in [0.15, 0.2) is 0 Å². The van der Waals surface area contributed by atoms with Gasteiger partial charge in [0.2, 0.25) is 11.8 Å². The monoisotopic (exact) mass is 399 g/mol. The van der Waals surface area contributed by atoms with E-state index in [9.17, 15) is 14.0 Å². The number of likely N-dealkylation sites (tertiary alicyclic amines) is 1. The van der Waals surface area contributed by atoms with Crippen molar-refractivity contribution < 1.29 is 18.7 Å². The van der Waals surface area contributed by atoms with Crippen LogP contribution >= 0.6 is 0 Å². The number of ether oxygens (including phenoxy) is 1. The quantitative estimate of drug-likeness (QED) is 0.670. The van der Waals surface area contributed by atoms with Crippen molar-refractivity contribution in [2.75, 3.05) is 38.1 Å². The summed E-state index contributed by atoms with van der Waals surface area (Å²) in [6, 6.07) is 15.2. The molecule has 0 radical (unpaired) electrons. The number of anilines is 1. The summed E-state index contributed by atoms with van der Waals surface area (Å²) in [6.45, 7) is 2.44. The first-order valence-electron chi connectivity index (χ1n) is 9.83. The second kappa shape index (κ2) is 10.6. The third-order valence-corrected chi connectivity index (χ3v) is 4.87. The maximum absolute atomic E-state index is 12.8. The van der Waals surface area contributed by atoms with E-state index in [-0.39, 0.29) is 23.5 Å². The molecule has 0 bridgehead atoms. The molecule has 0 aliphatic carbocycles. The van der Waals surface area contributed by atoms with Gasteiger partial charge in [0.25, 0.3) is 0 Å². The van der Waals surface area contributed by atoms with Crippen LogP contribution in [0.15, 0.2) is 54.6 Å². The van der Waals surface area contributed by atoms with Gasteiger partial charge in [-0.05, 0) is 62.3 Å². The first-order chi connectivity index (χ1) is 14.1. The van der Waals surface area contributed by atoms with Crippen molar-refractivity contribution in [2.45, 2.75) is 12.8 Å². The van der Waals surface area contributed by atoms with Gasteiger partial charge in [-0.15, -0.1) is 0 Å². The number of piperidine rings is 1. The number of halogens is 1. The lowest BCUT2D eigenvalue weighted by Crippen LogP contribution is -2.44. The Morgan fingerprint density at radius 2 is 1.72 bits per heavy atom. The Hall–Kier alpha value is -2.93. The highest BCUT2D eigenvalue weighted by atomic mass is 19.1. The van der Waals surface area contributed by atoms with Gasteiger partial charge in [-0.3, -0.25) is 14.5 Å². The topological polar surface area (TPSA) is 70.7 Å². The number of para-hydroxylation sites is 1. The van der Waals surface area contributed by atoms with E-state index in [1.807, 2.05) is 30.3 Å². The highest BCUT2D eigenvalue weighted by Crippen LogP contribution is 2.19. The number of hydrogen-bond donors (Lipinski definition) is 2. The smallest absolute Gasteiger partial charge is 0.234 e. The van der Waals surface area contributed by atoms with Gasteiger partial charge in [-0.1, -0.05) is 18.2 Å². The van der Waals surface area contributed by atoms with Crippen molar-refractivity contribution in [1.29, 1.82) is 0 Å². The first-order valence-corrected chi connectivity index (χ1v) is 9.83. The Bertz CT molecular complexity index is 791. The predicted molar refractivity (Wildman–Crippen MR) is 109 cm³/mol. The van der Waals surface area contributed by atoms with Crippen LogP contribution in [0.5, 0.6) is 5.75 Å². The van der Waals surface area contributed by atoms with Crippen LogP contribution in [0.25, 0.3) is 0 Å². The Morgan fingerprint density at radius 1 is 1.03 bits per heavy atom. The molecule has 1 aliphatic heterocycles. The second-order valence-electron chi connectivity index (χ2n) is 7.06. The van der Waals surface area contributed by atoms with Crippen molar-refractivity contribution in [3.63, 3.8) is 0 Å². The molecule has 0 spiro atoms. The summed E-state index contributed by atoms with van der Waals surface area (Å²) in [6.07, 6.45) is 1.47. The molecule has 1 fully saturated rings. The highest BCUT2D eigenvalue weighted by Gasteiger charge is 2.25. The van der Waals surface area contributed by atoms with Gasteiger partial charge < -0.3 is 15.4 Å². The fraction of sp³-hybridized carbons (Fsp3) is 0.364. The lowest BCUT2D eigenvalue weighted by molar-refractivity contribution is -0.123. The third-order valence-electron chi connectivity index (χ3n) is 4.87. The molecule has 0 saturated carbocycles. The maximum atomic E-state index is 12.8. The van der Waals surface area contributed by atoms with Crippen LogP contribution in [0, 0.1) is 11.7 Å². The molecule has 3 rings (SSSR count). The predicted octanol–water partition coefficient (Wildman–Crippen LogP) is 2.67. The Morgan fingerprint density at radius 3 is 2.41 bits per heavy atom. The minimum Gasteiger partial charge on any atom is -0.492 e. The molecule has 6 nitrogen and oxygen atoms in total. The van der Waals surface area contributed by atoms with Crippen LogP contribution in [0.2, 0.25) is 0 Å². The standard InChI is InChI=1S/C22H26FN3O3/c23-18-6-8-20(9-7-18)29-15-12-24-21(27)16-26-13-10-17(11-14-26)22(28)25-19-4-2-1-3-5-19/h1-9,17H,10-16H2,(H,24,27)(H,25,28). The molecular weight excluding hydrogens is 373 g/mol. The average molecular weight is 399 g/mol. The number of carbonyl (C=O) groups is 2. The van der Waals surface area contributed by atoms with E-state index >= 15 is 0 Å². The minimum atomic E-state index is -0.313. The van der Waals surface area contributed by atoms with Crippen LogP contribution < -0.4 is 15.4 Å². The summed E-state index contributed by atoms with van der Waals surface area (Å²) >= 11 is 0. The molecule has 2 aromatic carbocycles. The van der Waals surface area contributed by atoms with E-state index in [4.69, 9.17) is 4.74 Å². The first kappa shape index (κ1) is 20.8. The third kappa shape index (κ3) is 6.87. The van der Waals surface area contributed by atoms with E-state index in [0.29, 0.717) is 38.5 Å². The molecule has 0 unspecified atom stereocenters. The molecule has 2 amide bonds. The number of amides is 2. The summed E-state index contributed by atoms with van der Waals surface area (Å²) in [5.41, 5.74) is 0.808. The largest absolute Gasteiger partial charge is 0.492 e. The van der Waals surface area contributed by atoms with Crippen LogP contribution in [-0.4, -0.2) is 49.5 Å². The number of rotatable bonds is 8. The summed E-state index contributed by atoms with van der Waals surface area (Å²) in [4.78, 5) is 26.5. The Balaban J connectivity index is 1.30. The van der Waals surface area contributed by atoms with Gasteiger partial charge in [0.05, 0.1) is 13.1 Å². The van der Waals surface area contributed by atoms with Gasteiger partial charge in [0, 0.05) is 11.6 Å². The Kier molecular flexibility index (Phi) is 7.58. The van der Waals surface area contributed by atoms with Crippen LogP contribution in [0.4, 0.5) is 10.1 Å². The van der Waals surface area contributed by atoms with Crippen molar-refractivity contribution in [2.24, 2.45) is 5.92 Å². The number of nitrogens with zero attached hydrogens (tertiary/aromatic N) is 1. The molecule has 7 heteroatoms. The normalized spacial score (nSPS) is 14.9. The van der Waals surface area contributed by atoms with Crippen LogP contribution in [0.1, 0.15) is 12.8 Å². The fourth-order valence-corrected chi connectivity index (χ4v) is 3.27. The Labute approximate surface area is 170 Å². The molecule has 1 aliphatic rings. The van der Waals surface area contributed by atoms with Crippen LogP contribution in [0.3, 0.4) is 0 Å². The van der Waals surface area contributed by atoms with Crippen molar-refractivity contribution in [1.82, 2.24) is 10.2 Å². The zero-order valence-electron chi connectivity index (χ0n) is 16.3. The van der Waals surface area contributed by atoms with Gasteiger partial charge in [-0.2, -0.15) is 0 Å². The summed E-state index contributed by atoms with van der Waals surface area (Å²) in [5.74, 6) is 0.195. The van der Waals surface area contributed by atoms with Gasteiger partial charge in [0.1, 0.15) is 18.2 Å². The molecule has 29 heavy (non-hydrogen) atoms. The SMILES string of the molecule is O=C(CN1CCC(C(=O)Nc2ccccc2)CC1)NCCOc1ccc(F)cc1. The number of nitrogens with one attached hydrogen (secondary N) is 2. The van der Waals surface area contributed by atoms with E-state index in [1.54, 1.807) is 12.1 Å². The zero-order chi connectivity index (χ0) is 20.5. The van der Waals surface area contributed by atoms with Crippen molar-refractivity contribution >= 4 is 17.5 Å². The van der Waals surface area contributed by atoms with Gasteiger partial charge in [-0.25, -0.2) is 4.39 Å². The lowest BCUT2D eigenvalue weighted by atomic mass is 9.96. The molecule has 0 aromatic heterocycles. The summed E-state index contributed by atoms with van der Waals surface area (Å²) in [7, 11) is 0. The molecule has 154 valence electrons. The van der Waals surface area contributed by atoms with Crippen LogP contribution in [-0.2, 0) is 9.59 Å². The lowest BCUT2D eigenvalue weighted by Gasteiger charge is -2.30. The molecule has 0 atom stereocenters. The molecule has 1 heterocycles. The summed E-state index contributed by atoms with van der Waals surface area (Å²) in [5, 5.41) is 5.77. The zero-order valence-corrected chi connectivity index (χ0v) is 16.3. The molecule has 2 N–H and O–H groups in total. The minimum absolute atomic E-state index is 0.0290. The van der Waals surface area contributed by atoms with E-state index in [0.717, 1.165) is 18.5 Å². The second-order valence-corrected chi connectivity index (χ2v) is 7.06. The highest BCUT2D eigenvalue weighted by molar-refractivity contribution is 5.92. The van der Waals surface area contributed by atoms with Crippen molar-refractivity contribution in [3.05, 3.63) is 60.4 Å². The van der Waals surface area contributed by atoms with E-state index < -0.39 is 0 Å². The van der Waals surface area contributed by atoms with E-state index in [2.05, 4.69) is 15.5 Å². The average Bonchev–Trinajstić information content (AvgIpc) is 2.74. The maximum Gasteiger partial charge on any atom is 0.234 e. The van der Waals surface area contributed by atoms with E-state index in [1.165, 1.54) is 12.1 Å². The van der Waals surface area contributed by atoms with Gasteiger partial charge >= 0.3 is 0 Å². The van der Waals surface area contributed by atoms with Crippen molar-refractivity contribution in [3.8, 4) is 5.75 Å². The molecular formula is C22H26FN3O3. The number of carbonyl (C=O) groups excluding carboxylic acids is 2. The fourth-order valence-electron chi connectivity index (χ4n) is 3.27. The summed E-state index contributed by atoms with van der Waals surface area (Å²) < 4.78 is 18.3. The molecule has 2 aromatic rings. The molecule has 1 saturated heterocycles.